The van der Waals surface area contributed by atoms with Crippen molar-refractivity contribution < 1.29 is 4.48 Å². The first kappa shape index (κ1) is 12.3. The summed E-state index contributed by atoms with van der Waals surface area (Å²) in [5, 5.41) is 12.3. The SMILES string of the molecule is CC(Nc1ccc(N)cc1C#N)[N+](C)(C)C. The zero-order valence-electron chi connectivity index (χ0n) is 10.3. The fourth-order valence-corrected chi connectivity index (χ4v) is 1.20. The number of nitrogens with two attached hydrogens (primary N) is 1. The predicted octanol–water partition coefficient (Wildman–Crippen LogP) is 1.60. The smallest absolute Gasteiger partial charge is 0.158 e. The Labute approximate surface area is 96.9 Å². The van der Waals surface area contributed by atoms with E-state index >= 15 is 0 Å². The lowest BCUT2D eigenvalue weighted by atomic mass is 10.1. The van der Waals surface area contributed by atoms with Gasteiger partial charge >= 0.3 is 0 Å². The van der Waals surface area contributed by atoms with Crippen LogP contribution in [0.5, 0.6) is 0 Å². The molecule has 1 atom stereocenters. The molecule has 0 aromatic heterocycles. The number of quaternary nitrogens is 1. The highest BCUT2D eigenvalue weighted by Gasteiger charge is 2.18. The van der Waals surface area contributed by atoms with Crippen LogP contribution in [0.25, 0.3) is 0 Å². The predicted molar refractivity (Wildman–Crippen MR) is 66.7 cm³/mol. The molecule has 0 amide bonds. The Bertz CT molecular complexity index is 412. The van der Waals surface area contributed by atoms with Gasteiger partial charge < -0.3 is 15.5 Å². The highest BCUT2D eigenvalue weighted by Crippen LogP contribution is 2.19. The minimum absolute atomic E-state index is 0.218. The van der Waals surface area contributed by atoms with Crippen molar-refractivity contribution in [3.8, 4) is 6.07 Å². The summed E-state index contributed by atoms with van der Waals surface area (Å²) in [5.41, 5.74) is 7.66. The number of anilines is 2. The Morgan fingerprint density at radius 2 is 2.00 bits per heavy atom. The second-order valence-corrected chi connectivity index (χ2v) is 4.85. The van der Waals surface area contributed by atoms with E-state index in [1.54, 1.807) is 12.1 Å². The third-order valence-electron chi connectivity index (χ3n) is 2.69. The molecular weight excluding hydrogens is 200 g/mol. The molecule has 4 heteroatoms. The Kier molecular flexibility index (Phi) is 3.41. The first-order chi connectivity index (χ1) is 7.34. The highest BCUT2D eigenvalue weighted by molar-refractivity contribution is 5.63. The van der Waals surface area contributed by atoms with Crippen LogP contribution in [-0.2, 0) is 0 Å². The highest BCUT2D eigenvalue weighted by atomic mass is 15.4. The zero-order valence-corrected chi connectivity index (χ0v) is 10.3. The van der Waals surface area contributed by atoms with Gasteiger partial charge in [0.25, 0.3) is 0 Å². The van der Waals surface area contributed by atoms with Gasteiger partial charge in [0.2, 0.25) is 0 Å². The number of hydrogen-bond acceptors (Lipinski definition) is 3. The first-order valence-corrected chi connectivity index (χ1v) is 5.22. The number of nitrogen functional groups attached to an aromatic ring is 1. The summed E-state index contributed by atoms with van der Waals surface area (Å²) in [6.07, 6.45) is 0.218. The number of nitrogens with one attached hydrogen (secondary N) is 1. The molecule has 1 aromatic rings. The van der Waals surface area contributed by atoms with E-state index in [9.17, 15) is 0 Å². The normalized spacial score (nSPS) is 12.9. The van der Waals surface area contributed by atoms with Crippen LogP contribution in [0.3, 0.4) is 0 Å². The molecule has 16 heavy (non-hydrogen) atoms. The van der Waals surface area contributed by atoms with E-state index in [0.29, 0.717) is 11.3 Å². The molecule has 0 radical (unpaired) electrons. The molecule has 0 aliphatic rings. The summed E-state index contributed by atoms with van der Waals surface area (Å²) in [5.74, 6) is 0. The van der Waals surface area contributed by atoms with Crippen molar-refractivity contribution in [2.24, 2.45) is 0 Å². The fraction of sp³-hybridized carbons (Fsp3) is 0.417. The molecule has 0 aliphatic heterocycles. The molecule has 1 unspecified atom stereocenters. The molecule has 1 aromatic carbocycles. The van der Waals surface area contributed by atoms with E-state index in [2.05, 4.69) is 39.5 Å². The molecule has 0 saturated heterocycles. The van der Waals surface area contributed by atoms with Crippen molar-refractivity contribution in [3.05, 3.63) is 23.8 Å². The molecule has 0 saturated carbocycles. The van der Waals surface area contributed by atoms with Crippen LogP contribution < -0.4 is 11.1 Å². The average molecular weight is 219 g/mol. The molecule has 4 nitrogen and oxygen atoms in total. The van der Waals surface area contributed by atoms with Gasteiger partial charge in [0.05, 0.1) is 32.4 Å². The number of nitrogens with zero attached hydrogens (tertiary/aromatic N) is 2. The van der Waals surface area contributed by atoms with Gasteiger partial charge in [-0.2, -0.15) is 5.26 Å². The molecule has 0 aliphatic carbocycles. The quantitative estimate of drug-likeness (QED) is 0.461. The van der Waals surface area contributed by atoms with Crippen LogP contribution in [0, 0.1) is 11.3 Å². The summed E-state index contributed by atoms with van der Waals surface area (Å²) in [6.45, 7) is 2.08. The summed E-state index contributed by atoms with van der Waals surface area (Å²) in [7, 11) is 6.29. The van der Waals surface area contributed by atoms with E-state index in [4.69, 9.17) is 11.0 Å². The van der Waals surface area contributed by atoms with Crippen LogP contribution in [0.15, 0.2) is 18.2 Å². The first-order valence-electron chi connectivity index (χ1n) is 5.22. The van der Waals surface area contributed by atoms with E-state index in [1.165, 1.54) is 0 Å². The van der Waals surface area contributed by atoms with Gasteiger partial charge in [-0.25, -0.2) is 0 Å². The molecule has 0 heterocycles. The maximum absolute atomic E-state index is 9.01. The second-order valence-electron chi connectivity index (χ2n) is 4.85. The Morgan fingerprint density at radius 1 is 1.38 bits per heavy atom. The Morgan fingerprint density at radius 3 is 2.50 bits per heavy atom. The monoisotopic (exact) mass is 219 g/mol. The van der Waals surface area contributed by atoms with E-state index in [-0.39, 0.29) is 6.17 Å². The van der Waals surface area contributed by atoms with Crippen molar-refractivity contribution in [1.82, 2.24) is 0 Å². The minimum atomic E-state index is 0.218. The number of benzene rings is 1. The second kappa shape index (κ2) is 4.42. The molecule has 0 spiro atoms. The molecule has 86 valence electrons. The average Bonchev–Trinajstić information content (AvgIpc) is 2.19. The van der Waals surface area contributed by atoms with E-state index < -0.39 is 0 Å². The van der Waals surface area contributed by atoms with Crippen molar-refractivity contribution in [3.63, 3.8) is 0 Å². The van der Waals surface area contributed by atoms with Gasteiger partial charge in [0.15, 0.2) is 6.17 Å². The van der Waals surface area contributed by atoms with Crippen LogP contribution in [0.4, 0.5) is 11.4 Å². The fourth-order valence-electron chi connectivity index (χ4n) is 1.20. The van der Waals surface area contributed by atoms with Gasteiger partial charge in [0.1, 0.15) is 6.07 Å². The Hall–Kier alpha value is -1.73. The van der Waals surface area contributed by atoms with Crippen molar-refractivity contribution in [2.45, 2.75) is 13.1 Å². The largest absolute Gasteiger partial charge is 0.399 e. The van der Waals surface area contributed by atoms with Crippen molar-refractivity contribution in [1.29, 1.82) is 5.26 Å². The lowest BCUT2D eigenvalue weighted by Crippen LogP contribution is -2.47. The summed E-state index contributed by atoms with van der Waals surface area (Å²) >= 11 is 0. The Balaban J connectivity index is 2.95. The van der Waals surface area contributed by atoms with Crippen molar-refractivity contribution in [2.75, 3.05) is 32.2 Å². The maximum atomic E-state index is 9.01. The zero-order chi connectivity index (χ0) is 12.3. The number of rotatable bonds is 3. The summed E-state index contributed by atoms with van der Waals surface area (Å²) in [6, 6.07) is 7.47. The van der Waals surface area contributed by atoms with Crippen molar-refractivity contribution >= 4 is 11.4 Å². The molecular formula is C12H19N4+. The van der Waals surface area contributed by atoms with Crippen LogP contribution in [-0.4, -0.2) is 31.8 Å². The lowest BCUT2D eigenvalue weighted by Gasteiger charge is -2.32. The third kappa shape index (κ3) is 2.88. The lowest BCUT2D eigenvalue weighted by molar-refractivity contribution is -0.890. The van der Waals surface area contributed by atoms with Crippen LogP contribution in [0.1, 0.15) is 12.5 Å². The van der Waals surface area contributed by atoms with Gasteiger partial charge in [-0.3, -0.25) is 0 Å². The van der Waals surface area contributed by atoms with E-state index in [0.717, 1.165) is 10.2 Å². The summed E-state index contributed by atoms with van der Waals surface area (Å²) in [4.78, 5) is 0. The summed E-state index contributed by atoms with van der Waals surface area (Å²) < 4.78 is 0.773. The maximum Gasteiger partial charge on any atom is 0.158 e. The van der Waals surface area contributed by atoms with Crippen LogP contribution in [0.2, 0.25) is 0 Å². The molecule has 0 bridgehead atoms. The molecule has 0 fully saturated rings. The topological polar surface area (TPSA) is 61.8 Å². The van der Waals surface area contributed by atoms with Gasteiger partial charge in [0, 0.05) is 12.6 Å². The standard InChI is InChI=1S/C12H19N4/c1-9(16(2,3)4)15-12-6-5-11(14)7-10(12)8-13/h5-7,9,15H,14H2,1-4H3/q+1. The number of hydrogen-bond donors (Lipinski definition) is 2. The number of nitriles is 1. The van der Waals surface area contributed by atoms with Gasteiger partial charge in [-0.05, 0) is 18.2 Å². The molecule has 3 N–H and O–H groups in total. The molecule has 1 rings (SSSR count). The van der Waals surface area contributed by atoms with Gasteiger partial charge in [-0.15, -0.1) is 0 Å². The van der Waals surface area contributed by atoms with Gasteiger partial charge in [-0.1, -0.05) is 0 Å². The van der Waals surface area contributed by atoms with Crippen LogP contribution >= 0.6 is 0 Å². The van der Waals surface area contributed by atoms with E-state index in [1.807, 2.05) is 6.07 Å². The third-order valence-corrected chi connectivity index (χ3v) is 2.69. The minimum Gasteiger partial charge on any atom is -0.399 e.